The van der Waals surface area contributed by atoms with Crippen molar-refractivity contribution in [2.45, 2.75) is 6.18 Å². The van der Waals surface area contributed by atoms with Crippen molar-refractivity contribution in [3.63, 3.8) is 0 Å². The summed E-state index contributed by atoms with van der Waals surface area (Å²) in [6.45, 7) is 0. The zero-order valence-corrected chi connectivity index (χ0v) is 9.76. The fraction of sp³-hybridized carbons (Fsp3) is 0.125. The number of carboxylic acid groups (broad SMARTS) is 1. The molecule has 0 aromatic heterocycles. The third kappa shape index (κ3) is 5.03. The minimum absolute atomic E-state index is 1.75. The Bertz CT molecular complexity index is 531. The summed E-state index contributed by atoms with van der Waals surface area (Å²) in [6, 6.07) is 0. The molecule has 124 valence electrons. The Balaban J connectivity index is 0.000000534. The average molecular weight is 342 g/mol. The van der Waals surface area contributed by atoms with Gasteiger partial charge in [-0.05, 0) is 0 Å². The molecule has 5 nitrogen and oxygen atoms in total. The van der Waals surface area contributed by atoms with Crippen molar-refractivity contribution in [2.24, 2.45) is 0 Å². The molecule has 0 radical (unpaired) electrons. The van der Waals surface area contributed by atoms with E-state index in [1.165, 1.54) is 0 Å². The number of hydrogen-bond donors (Lipinski definition) is 3. The van der Waals surface area contributed by atoms with E-state index in [1.807, 2.05) is 0 Å². The van der Waals surface area contributed by atoms with Gasteiger partial charge in [0.05, 0.1) is 0 Å². The molecule has 1 aromatic carbocycles. The molecule has 0 heterocycles. The van der Waals surface area contributed by atoms with Crippen LogP contribution in [0.15, 0.2) is 0 Å². The fourth-order valence-electron chi connectivity index (χ4n) is 0.794. The highest BCUT2D eigenvalue weighted by Gasteiger charge is 2.38. The second-order valence-electron chi connectivity index (χ2n) is 3.15. The number of benzene rings is 1. The molecule has 0 aliphatic rings. The summed E-state index contributed by atoms with van der Waals surface area (Å²) >= 11 is 0. The van der Waals surface area contributed by atoms with Gasteiger partial charge in [-0.3, -0.25) is 0 Å². The van der Waals surface area contributed by atoms with E-state index in [9.17, 15) is 35.1 Å². The number of rotatable bonds is 2. The Kier molecular flexibility index (Phi) is 6.57. The molecule has 0 unspecified atom stereocenters. The van der Waals surface area contributed by atoms with Gasteiger partial charge in [-0.2, -0.15) is 22.0 Å². The van der Waals surface area contributed by atoms with Crippen molar-refractivity contribution < 1.29 is 59.7 Å². The van der Waals surface area contributed by atoms with E-state index < -0.39 is 54.3 Å². The molecule has 0 atom stereocenters. The SMILES string of the molecule is O=C(O)C(F)(F)F.OB(O)Oc1c(F)c(F)c(F)c(F)c1F. The molecule has 0 saturated carbocycles. The van der Waals surface area contributed by atoms with Crippen LogP contribution in [0.25, 0.3) is 0 Å². The van der Waals surface area contributed by atoms with Gasteiger partial charge < -0.3 is 19.8 Å². The molecule has 3 N–H and O–H groups in total. The number of carboxylic acids is 1. The lowest BCUT2D eigenvalue weighted by atomic mass is 10.2. The van der Waals surface area contributed by atoms with Crippen LogP contribution >= 0.6 is 0 Å². The zero-order valence-electron chi connectivity index (χ0n) is 9.76. The molecule has 14 heteroatoms. The number of aliphatic carboxylic acids is 1. The van der Waals surface area contributed by atoms with E-state index in [0.717, 1.165) is 0 Å². The first-order chi connectivity index (χ1) is 9.80. The fourth-order valence-corrected chi connectivity index (χ4v) is 0.794. The van der Waals surface area contributed by atoms with Crippen LogP contribution < -0.4 is 4.65 Å². The van der Waals surface area contributed by atoms with Gasteiger partial charge >= 0.3 is 19.5 Å². The first kappa shape index (κ1) is 19.9. The van der Waals surface area contributed by atoms with Crippen LogP contribution in [0.5, 0.6) is 5.75 Å². The van der Waals surface area contributed by atoms with E-state index in [2.05, 4.69) is 4.65 Å². The average Bonchev–Trinajstić information content (AvgIpc) is 2.38. The van der Waals surface area contributed by atoms with Crippen LogP contribution in [-0.2, 0) is 4.79 Å². The summed E-state index contributed by atoms with van der Waals surface area (Å²) in [7, 11) is -2.70. The van der Waals surface area contributed by atoms with Crippen molar-refractivity contribution in [3.8, 4) is 5.75 Å². The summed E-state index contributed by atoms with van der Waals surface area (Å²) in [5.74, 6) is -15.9. The summed E-state index contributed by atoms with van der Waals surface area (Å²) < 4.78 is 98.1. The lowest BCUT2D eigenvalue weighted by molar-refractivity contribution is -0.192. The summed E-state index contributed by atoms with van der Waals surface area (Å²) in [6.07, 6.45) is -5.08. The van der Waals surface area contributed by atoms with E-state index in [1.54, 1.807) is 0 Å². The van der Waals surface area contributed by atoms with Gasteiger partial charge in [0.2, 0.25) is 29.1 Å². The van der Waals surface area contributed by atoms with Crippen LogP contribution in [0, 0.1) is 29.1 Å². The van der Waals surface area contributed by atoms with E-state index >= 15 is 0 Å². The second-order valence-corrected chi connectivity index (χ2v) is 3.15. The molecule has 0 bridgehead atoms. The lowest BCUT2D eigenvalue weighted by Crippen LogP contribution is -2.23. The standard InChI is InChI=1S/C6H2BF5O3.C2HF3O2/c8-1-2(9)4(11)6(15-7(13)14)5(12)3(1)10;3-2(4,5)1(6)7/h13-14H;(H,6,7). The molecular weight excluding hydrogens is 339 g/mol. The van der Waals surface area contributed by atoms with Crippen LogP contribution in [0.2, 0.25) is 0 Å². The molecule has 1 rings (SSSR count). The smallest absolute Gasteiger partial charge is 0.507 e. The molecule has 0 spiro atoms. The molecule has 0 saturated heterocycles. The minimum atomic E-state index is -5.08. The van der Waals surface area contributed by atoms with E-state index in [4.69, 9.17) is 19.9 Å². The quantitative estimate of drug-likeness (QED) is 0.327. The van der Waals surface area contributed by atoms with Gasteiger partial charge in [-0.25, -0.2) is 18.0 Å². The Morgan fingerprint density at radius 3 is 1.36 bits per heavy atom. The molecular formula is C8H3BF8O5. The van der Waals surface area contributed by atoms with Gasteiger partial charge in [0.1, 0.15) is 0 Å². The first-order valence-corrected chi connectivity index (χ1v) is 4.65. The Morgan fingerprint density at radius 1 is 0.864 bits per heavy atom. The minimum Gasteiger partial charge on any atom is -0.507 e. The van der Waals surface area contributed by atoms with E-state index in [-0.39, 0.29) is 0 Å². The van der Waals surface area contributed by atoms with Gasteiger partial charge in [0.15, 0.2) is 5.75 Å². The predicted molar refractivity (Wildman–Crippen MR) is 50.7 cm³/mol. The van der Waals surface area contributed by atoms with Gasteiger partial charge in [-0.1, -0.05) is 0 Å². The molecule has 0 amide bonds. The van der Waals surface area contributed by atoms with E-state index in [0.29, 0.717) is 0 Å². The lowest BCUT2D eigenvalue weighted by Gasteiger charge is -2.08. The maximum absolute atomic E-state index is 12.7. The summed E-state index contributed by atoms with van der Waals surface area (Å²) in [4.78, 5) is 8.90. The molecule has 0 aliphatic heterocycles. The number of alkyl halides is 3. The summed E-state index contributed by atoms with van der Waals surface area (Å²) in [5, 5.41) is 23.5. The third-order valence-corrected chi connectivity index (χ3v) is 1.64. The van der Waals surface area contributed by atoms with Crippen molar-refractivity contribution >= 4 is 13.3 Å². The summed E-state index contributed by atoms with van der Waals surface area (Å²) in [5.41, 5.74) is 0. The van der Waals surface area contributed by atoms with Crippen LogP contribution in [0.1, 0.15) is 0 Å². The number of carbonyl (C=O) groups is 1. The number of halogens is 8. The van der Waals surface area contributed by atoms with Crippen LogP contribution in [0.3, 0.4) is 0 Å². The molecule has 0 aliphatic carbocycles. The molecule has 22 heavy (non-hydrogen) atoms. The van der Waals surface area contributed by atoms with Gasteiger partial charge in [0.25, 0.3) is 0 Å². The van der Waals surface area contributed by atoms with Gasteiger partial charge in [0, 0.05) is 0 Å². The highest BCUT2D eigenvalue weighted by molar-refractivity contribution is 6.33. The third-order valence-electron chi connectivity index (χ3n) is 1.64. The van der Waals surface area contributed by atoms with Crippen molar-refractivity contribution in [1.82, 2.24) is 0 Å². The first-order valence-electron chi connectivity index (χ1n) is 4.65. The van der Waals surface area contributed by atoms with Crippen molar-refractivity contribution in [1.29, 1.82) is 0 Å². The Labute approximate surface area is 115 Å². The second kappa shape index (κ2) is 7.26. The normalized spacial score (nSPS) is 10.6. The zero-order chi connectivity index (χ0) is 17.8. The highest BCUT2D eigenvalue weighted by atomic mass is 19.4. The molecule has 1 aromatic rings. The molecule has 0 fully saturated rings. The maximum Gasteiger partial charge on any atom is 0.707 e. The van der Waals surface area contributed by atoms with Gasteiger partial charge in [-0.15, -0.1) is 0 Å². The van der Waals surface area contributed by atoms with Crippen LogP contribution in [0.4, 0.5) is 35.1 Å². The maximum atomic E-state index is 12.7. The Morgan fingerprint density at radius 2 is 1.14 bits per heavy atom. The largest absolute Gasteiger partial charge is 0.707 e. The topological polar surface area (TPSA) is 87.0 Å². The highest BCUT2D eigenvalue weighted by Crippen LogP contribution is 2.28. The number of hydrogen-bond acceptors (Lipinski definition) is 4. The predicted octanol–water partition coefficient (Wildman–Crippen LogP) is 1.36. The van der Waals surface area contributed by atoms with Crippen LogP contribution in [-0.4, -0.2) is 34.6 Å². The van der Waals surface area contributed by atoms with Crippen molar-refractivity contribution in [2.75, 3.05) is 0 Å². The Hall–Kier alpha value is -2.09. The monoisotopic (exact) mass is 342 g/mol. The van der Waals surface area contributed by atoms with Crippen molar-refractivity contribution in [3.05, 3.63) is 29.1 Å².